The number of quaternary nitrogens is 1. The Bertz CT molecular complexity index is 722. The summed E-state index contributed by atoms with van der Waals surface area (Å²) in [5.74, 6) is 1.95. The smallest absolute Gasteiger partial charge is 0.221 e. The van der Waals surface area contributed by atoms with Crippen molar-refractivity contribution in [2.75, 3.05) is 13.1 Å². The molecular formula is C27H40N2+. The van der Waals surface area contributed by atoms with E-state index in [-0.39, 0.29) is 0 Å². The lowest BCUT2D eigenvalue weighted by Crippen LogP contribution is -2.43. The minimum Gasteiger partial charge on any atom is -0.255 e. The van der Waals surface area contributed by atoms with E-state index in [0.717, 1.165) is 17.6 Å². The highest BCUT2D eigenvalue weighted by Crippen LogP contribution is 2.50. The Balaban J connectivity index is 2.45. The highest BCUT2D eigenvalue weighted by atomic mass is 15.5. The summed E-state index contributed by atoms with van der Waals surface area (Å²) in [6, 6.07) is 13.9. The average molecular weight is 393 g/mol. The van der Waals surface area contributed by atoms with Crippen molar-refractivity contribution >= 4 is 11.4 Å². The molecule has 1 aliphatic heterocycles. The largest absolute Gasteiger partial charge is 0.255 e. The van der Waals surface area contributed by atoms with Crippen LogP contribution >= 0.6 is 0 Å². The zero-order chi connectivity index (χ0) is 21.3. The van der Waals surface area contributed by atoms with Crippen molar-refractivity contribution in [3.8, 4) is 0 Å². The molecule has 0 bridgehead atoms. The molecule has 3 rings (SSSR count). The van der Waals surface area contributed by atoms with Crippen LogP contribution in [0.15, 0.2) is 36.4 Å². The third kappa shape index (κ3) is 3.90. The standard InChI is InChI=1S/C27H40N2/c1-18(2)22-11-9-12-23(19(3)4)26(22)29(16-15-28-17-29)27-24(20(5)6)13-10-14-25(27)21(7)8/h9-14,17-21,28H,15-16H2,1-8H3/q+1. The summed E-state index contributed by atoms with van der Waals surface area (Å²) in [6.07, 6.45) is 0. The maximum atomic E-state index is 3.62. The van der Waals surface area contributed by atoms with E-state index in [1.54, 1.807) is 0 Å². The third-order valence-corrected chi connectivity index (χ3v) is 6.40. The summed E-state index contributed by atoms with van der Waals surface area (Å²) in [7, 11) is 0. The number of para-hydroxylation sites is 2. The highest BCUT2D eigenvalue weighted by Gasteiger charge is 2.45. The van der Waals surface area contributed by atoms with Crippen LogP contribution in [0.4, 0.5) is 11.4 Å². The number of nitrogens with one attached hydrogen (secondary N) is 1. The molecule has 0 saturated carbocycles. The molecule has 1 radical (unpaired) electrons. The molecule has 1 fully saturated rings. The monoisotopic (exact) mass is 392 g/mol. The van der Waals surface area contributed by atoms with E-state index in [1.807, 2.05) is 0 Å². The Morgan fingerprint density at radius 1 is 0.621 bits per heavy atom. The fourth-order valence-electron chi connectivity index (χ4n) is 4.94. The Morgan fingerprint density at radius 2 is 0.966 bits per heavy atom. The van der Waals surface area contributed by atoms with Crippen molar-refractivity contribution in [1.29, 1.82) is 0 Å². The zero-order valence-electron chi connectivity index (χ0n) is 19.7. The third-order valence-electron chi connectivity index (χ3n) is 6.40. The molecule has 0 spiro atoms. The molecule has 157 valence electrons. The molecule has 29 heavy (non-hydrogen) atoms. The molecule has 0 unspecified atom stereocenters. The van der Waals surface area contributed by atoms with Crippen molar-refractivity contribution in [2.24, 2.45) is 0 Å². The van der Waals surface area contributed by atoms with Gasteiger partial charge in [-0.1, -0.05) is 91.8 Å². The average Bonchev–Trinajstić information content (AvgIpc) is 3.17. The van der Waals surface area contributed by atoms with Gasteiger partial charge in [-0.25, -0.2) is 4.48 Å². The number of rotatable bonds is 6. The van der Waals surface area contributed by atoms with E-state index in [0.29, 0.717) is 23.7 Å². The summed E-state index contributed by atoms with van der Waals surface area (Å²) in [6.45, 7) is 23.1. The lowest BCUT2D eigenvalue weighted by atomic mass is 9.86. The predicted octanol–water partition coefficient (Wildman–Crippen LogP) is 7.54. The maximum absolute atomic E-state index is 3.62. The molecule has 0 atom stereocenters. The first-order chi connectivity index (χ1) is 13.7. The molecule has 2 heteroatoms. The van der Waals surface area contributed by atoms with E-state index in [9.17, 15) is 0 Å². The zero-order valence-corrected chi connectivity index (χ0v) is 19.7. The van der Waals surface area contributed by atoms with Crippen molar-refractivity contribution in [1.82, 2.24) is 9.80 Å². The lowest BCUT2D eigenvalue weighted by molar-refractivity contribution is 0.497. The normalized spacial score (nSPS) is 16.6. The molecule has 0 amide bonds. The SMILES string of the molecule is CC(C)c1cccc(C(C)C)c1[N+]1(c2c(C(C)C)cccc2C(C)C)[CH]NCC1. The summed E-state index contributed by atoms with van der Waals surface area (Å²) < 4.78 is 0.823. The second-order valence-electron chi connectivity index (χ2n) is 9.86. The summed E-state index contributed by atoms with van der Waals surface area (Å²) in [5, 5.41) is 3.62. The van der Waals surface area contributed by atoms with Crippen molar-refractivity contribution in [3.63, 3.8) is 0 Å². The fraction of sp³-hybridized carbons (Fsp3) is 0.519. The summed E-state index contributed by atoms with van der Waals surface area (Å²) in [5.41, 5.74) is 8.90. The van der Waals surface area contributed by atoms with Crippen LogP contribution in [0.1, 0.15) is 101 Å². The van der Waals surface area contributed by atoms with Gasteiger partial charge in [0, 0.05) is 22.3 Å². The first kappa shape index (κ1) is 22.1. The fourth-order valence-corrected chi connectivity index (χ4v) is 4.94. The number of hydrogen-bond acceptors (Lipinski definition) is 1. The first-order valence-corrected chi connectivity index (χ1v) is 11.4. The Labute approximate surface area is 178 Å². The van der Waals surface area contributed by atoms with Crippen molar-refractivity contribution in [3.05, 3.63) is 65.3 Å². The van der Waals surface area contributed by atoms with Crippen LogP contribution in [-0.2, 0) is 0 Å². The minimum atomic E-state index is 0.487. The van der Waals surface area contributed by atoms with Crippen LogP contribution in [0.25, 0.3) is 0 Å². The van der Waals surface area contributed by atoms with Crippen LogP contribution in [0.5, 0.6) is 0 Å². The van der Waals surface area contributed by atoms with Gasteiger partial charge in [-0.2, -0.15) is 0 Å². The van der Waals surface area contributed by atoms with E-state index in [2.05, 4.69) is 104 Å². The Morgan fingerprint density at radius 3 is 1.21 bits per heavy atom. The van der Waals surface area contributed by atoms with Crippen molar-refractivity contribution in [2.45, 2.75) is 79.1 Å². The van der Waals surface area contributed by atoms with Gasteiger partial charge < -0.3 is 0 Å². The van der Waals surface area contributed by atoms with Crippen LogP contribution in [0.3, 0.4) is 0 Å². The lowest BCUT2D eigenvalue weighted by Gasteiger charge is -2.39. The van der Waals surface area contributed by atoms with Crippen LogP contribution in [0.2, 0.25) is 0 Å². The Hall–Kier alpha value is -1.64. The molecule has 1 saturated heterocycles. The molecule has 1 N–H and O–H groups in total. The Kier molecular flexibility index (Phi) is 6.55. The van der Waals surface area contributed by atoms with Gasteiger partial charge in [-0.05, 0) is 23.7 Å². The number of hydrogen-bond donors (Lipinski definition) is 1. The van der Waals surface area contributed by atoms with E-state index < -0.39 is 0 Å². The molecular weight excluding hydrogens is 352 g/mol. The molecule has 1 heterocycles. The molecule has 0 aromatic heterocycles. The van der Waals surface area contributed by atoms with Crippen LogP contribution < -0.4 is 9.80 Å². The van der Waals surface area contributed by atoms with Gasteiger partial charge in [0.25, 0.3) is 0 Å². The quantitative estimate of drug-likeness (QED) is 0.501. The topological polar surface area (TPSA) is 12.0 Å². The van der Waals surface area contributed by atoms with Gasteiger partial charge in [0.1, 0.15) is 17.9 Å². The van der Waals surface area contributed by atoms with Gasteiger partial charge in [0.15, 0.2) is 0 Å². The summed E-state index contributed by atoms with van der Waals surface area (Å²) >= 11 is 0. The van der Waals surface area contributed by atoms with Gasteiger partial charge in [-0.15, -0.1) is 0 Å². The number of benzene rings is 2. The maximum Gasteiger partial charge on any atom is 0.221 e. The van der Waals surface area contributed by atoms with Gasteiger partial charge in [-0.3, -0.25) is 5.32 Å². The van der Waals surface area contributed by atoms with Crippen molar-refractivity contribution < 1.29 is 0 Å². The number of nitrogens with zero attached hydrogens (tertiary/aromatic N) is 1. The predicted molar refractivity (Wildman–Crippen MR) is 128 cm³/mol. The second kappa shape index (κ2) is 8.62. The van der Waals surface area contributed by atoms with Gasteiger partial charge >= 0.3 is 0 Å². The minimum absolute atomic E-state index is 0.487. The first-order valence-electron chi connectivity index (χ1n) is 11.4. The molecule has 2 aromatic carbocycles. The van der Waals surface area contributed by atoms with Gasteiger partial charge in [0.2, 0.25) is 6.67 Å². The molecule has 2 nitrogen and oxygen atoms in total. The molecule has 1 aliphatic rings. The molecule has 0 aliphatic carbocycles. The van der Waals surface area contributed by atoms with E-state index in [4.69, 9.17) is 0 Å². The summed E-state index contributed by atoms with van der Waals surface area (Å²) in [4.78, 5) is 0. The van der Waals surface area contributed by atoms with Gasteiger partial charge in [0.05, 0.1) is 6.54 Å². The highest BCUT2D eigenvalue weighted by molar-refractivity contribution is 5.74. The van der Waals surface area contributed by atoms with E-state index >= 15 is 0 Å². The van der Waals surface area contributed by atoms with Crippen LogP contribution in [-0.4, -0.2) is 13.1 Å². The van der Waals surface area contributed by atoms with E-state index in [1.165, 1.54) is 33.6 Å². The van der Waals surface area contributed by atoms with Crippen LogP contribution in [0, 0.1) is 6.67 Å². The second-order valence-corrected chi connectivity index (χ2v) is 9.86. The molecule has 2 aromatic rings.